The molecule has 4 atom stereocenters. The molecule has 0 aliphatic rings. The van der Waals surface area contributed by atoms with Crippen LogP contribution in [0.4, 0.5) is 0 Å². The predicted molar refractivity (Wildman–Crippen MR) is 98.0 cm³/mol. The molecular weight excluding hydrogens is 348 g/mol. The van der Waals surface area contributed by atoms with Crippen LogP contribution in [0.3, 0.4) is 0 Å². The third kappa shape index (κ3) is 3.05. The molecule has 26 heavy (non-hydrogen) atoms. The van der Waals surface area contributed by atoms with Crippen molar-refractivity contribution in [1.29, 1.82) is 0 Å². The Morgan fingerprint density at radius 2 is 1.85 bits per heavy atom. The molecule has 4 aromatic heterocycles. The largest absolute Gasteiger partial charge is 0.351 e. The molecule has 4 unspecified atom stereocenters. The fourth-order valence-corrected chi connectivity index (χ4v) is 4.48. The molecule has 4 heterocycles. The molecule has 0 aliphatic heterocycles. The molecule has 9 heteroatoms. The van der Waals surface area contributed by atoms with Gasteiger partial charge in [0, 0.05) is 47.6 Å². The van der Waals surface area contributed by atoms with E-state index in [2.05, 4.69) is 54.2 Å². The molecular formula is C17H20N8S. The van der Waals surface area contributed by atoms with E-state index in [-0.39, 0.29) is 23.7 Å². The van der Waals surface area contributed by atoms with E-state index in [0.717, 1.165) is 22.2 Å². The first-order valence-electron chi connectivity index (χ1n) is 8.49. The van der Waals surface area contributed by atoms with Gasteiger partial charge in [0.25, 0.3) is 0 Å². The van der Waals surface area contributed by atoms with E-state index < -0.39 is 0 Å². The van der Waals surface area contributed by atoms with E-state index in [4.69, 9.17) is 0 Å². The lowest BCUT2D eigenvalue weighted by molar-refractivity contribution is 0.402. The van der Waals surface area contributed by atoms with E-state index in [1.54, 1.807) is 24.0 Å². The second kappa shape index (κ2) is 7.20. The number of thiazole rings is 1. The third-order valence-electron chi connectivity index (χ3n) is 4.89. The first-order valence-corrected chi connectivity index (χ1v) is 9.37. The van der Waals surface area contributed by atoms with Crippen LogP contribution in [0.1, 0.15) is 59.7 Å². The second-order valence-corrected chi connectivity index (χ2v) is 7.28. The quantitative estimate of drug-likeness (QED) is 0.464. The number of nitrogens with one attached hydrogen (secondary N) is 3. The summed E-state index contributed by atoms with van der Waals surface area (Å²) >= 11 is 1.65. The van der Waals surface area contributed by atoms with E-state index >= 15 is 0 Å². The van der Waals surface area contributed by atoms with Gasteiger partial charge in [-0.15, -0.1) is 11.3 Å². The molecule has 0 amide bonds. The Bertz CT molecular complexity index is 807. The average Bonchev–Trinajstić information content (AvgIpc) is 3.44. The van der Waals surface area contributed by atoms with Crippen LogP contribution in [-0.2, 0) is 0 Å². The van der Waals surface area contributed by atoms with Gasteiger partial charge in [0.15, 0.2) is 5.82 Å². The van der Waals surface area contributed by atoms with Gasteiger partial charge in [0.05, 0.1) is 22.7 Å². The van der Waals surface area contributed by atoms with Crippen LogP contribution in [0.25, 0.3) is 0 Å². The minimum atomic E-state index is 0.0653. The lowest BCUT2D eigenvalue weighted by Crippen LogP contribution is -2.23. The zero-order valence-electron chi connectivity index (χ0n) is 14.5. The number of rotatable bonds is 7. The minimum Gasteiger partial charge on any atom is -0.351 e. The number of hydrogen-bond donors (Lipinski definition) is 3. The Balaban J connectivity index is 1.81. The number of nitrogens with zero attached hydrogens (tertiary/aromatic N) is 5. The lowest BCUT2D eigenvalue weighted by Gasteiger charge is -2.32. The molecule has 0 radical (unpaired) electrons. The molecule has 4 rings (SSSR count). The Kier molecular flexibility index (Phi) is 4.61. The molecule has 0 saturated heterocycles. The Hall–Kier alpha value is -2.81. The van der Waals surface area contributed by atoms with Crippen molar-refractivity contribution in [1.82, 2.24) is 40.3 Å². The van der Waals surface area contributed by atoms with Crippen LogP contribution in [0.5, 0.6) is 0 Å². The van der Waals surface area contributed by atoms with Crippen LogP contribution in [-0.4, -0.2) is 40.3 Å². The van der Waals surface area contributed by atoms with Gasteiger partial charge in [0.2, 0.25) is 0 Å². The normalized spacial score (nSPS) is 16.2. The monoisotopic (exact) mass is 368 g/mol. The minimum absolute atomic E-state index is 0.0653. The summed E-state index contributed by atoms with van der Waals surface area (Å²) in [4.78, 5) is 16.7. The second-order valence-electron chi connectivity index (χ2n) is 6.35. The summed E-state index contributed by atoms with van der Waals surface area (Å²) < 4.78 is 0. The zero-order valence-corrected chi connectivity index (χ0v) is 15.3. The maximum absolute atomic E-state index is 4.63. The predicted octanol–water partition coefficient (Wildman–Crippen LogP) is 3.18. The topological polar surface area (TPSA) is 112 Å². The number of aromatic amines is 3. The Labute approximate surface area is 154 Å². The van der Waals surface area contributed by atoms with Gasteiger partial charge in [0.1, 0.15) is 6.33 Å². The summed E-state index contributed by atoms with van der Waals surface area (Å²) in [6.07, 6.45) is 8.99. The van der Waals surface area contributed by atoms with Gasteiger partial charge in [-0.3, -0.25) is 10.2 Å². The summed E-state index contributed by atoms with van der Waals surface area (Å²) in [7, 11) is 0. The van der Waals surface area contributed by atoms with Crippen molar-refractivity contribution < 1.29 is 0 Å². The van der Waals surface area contributed by atoms with Crippen LogP contribution >= 0.6 is 11.3 Å². The number of aromatic nitrogens is 8. The standard InChI is InChI=1S/C17H20N8S/c1-10(12-3-4-22-24-12)14(13-7-18-8-20-13)15(17-19-5-6-26-17)11(2)16-21-9-23-25-16/h3-11,14-15H,1-2H3,(H,18,20)(H,22,24)(H,21,23,25). The van der Waals surface area contributed by atoms with E-state index in [1.165, 1.54) is 0 Å². The van der Waals surface area contributed by atoms with Gasteiger partial charge in [-0.25, -0.2) is 15.0 Å². The first kappa shape index (κ1) is 16.6. The average molecular weight is 368 g/mol. The fourth-order valence-electron chi connectivity index (χ4n) is 3.59. The molecule has 0 fully saturated rings. The van der Waals surface area contributed by atoms with E-state index in [1.807, 2.05) is 30.0 Å². The maximum Gasteiger partial charge on any atom is 0.153 e. The van der Waals surface area contributed by atoms with Crippen molar-refractivity contribution in [2.75, 3.05) is 0 Å². The van der Waals surface area contributed by atoms with Crippen LogP contribution in [0.2, 0.25) is 0 Å². The number of H-pyrrole nitrogens is 3. The highest BCUT2D eigenvalue weighted by atomic mass is 32.1. The smallest absolute Gasteiger partial charge is 0.153 e. The third-order valence-corrected chi connectivity index (χ3v) is 5.77. The van der Waals surface area contributed by atoms with Gasteiger partial charge in [-0.2, -0.15) is 10.2 Å². The van der Waals surface area contributed by atoms with Gasteiger partial charge >= 0.3 is 0 Å². The fraction of sp³-hybridized carbons (Fsp3) is 0.353. The molecule has 0 aromatic carbocycles. The first-order chi connectivity index (χ1) is 12.8. The molecule has 0 saturated carbocycles. The van der Waals surface area contributed by atoms with Crippen molar-refractivity contribution in [3.8, 4) is 0 Å². The van der Waals surface area contributed by atoms with Crippen molar-refractivity contribution >= 4 is 11.3 Å². The summed E-state index contributed by atoms with van der Waals surface area (Å²) in [5, 5.41) is 17.5. The zero-order chi connectivity index (χ0) is 17.9. The molecule has 0 aliphatic carbocycles. The highest BCUT2D eigenvalue weighted by Gasteiger charge is 2.39. The van der Waals surface area contributed by atoms with Gasteiger partial charge in [-0.05, 0) is 6.07 Å². The SMILES string of the molecule is CC(c1cc[nH]n1)C(c1c[nH]cn1)C(c1nccs1)C(C)c1nc[nH]n1. The Morgan fingerprint density at radius 3 is 2.46 bits per heavy atom. The number of imidazole rings is 1. The van der Waals surface area contributed by atoms with Crippen LogP contribution < -0.4 is 0 Å². The van der Waals surface area contributed by atoms with Crippen molar-refractivity contribution in [2.45, 2.75) is 37.5 Å². The molecule has 4 aromatic rings. The molecule has 0 bridgehead atoms. The van der Waals surface area contributed by atoms with Crippen molar-refractivity contribution in [3.05, 3.63) is 64.9 Å². The summed E-state index contributed by atoms with van der Waals surface area (Å²) in [5.41, 5.74) is 1.99. The summed E-state index contributed by atoms with van der Waals surface area (Å²) in [6.45, 7) is 4.33. The molecule has 8 nitrogen and oxygen atoms in total. The van der Waals surface area contributed by atoms with Crippen molar-refractivity contribution in [2.24, 2.45) is 0 Å². The molecule has 0 spiro atoms. The summed E-state index contributed by atoms with van der Waals surface area (Å²) in [6, 6.07) is 2.01. The number of hydrogen-bond acceptors (Lipinski definition) is 6. The maximum atomic E-state index is 4.63. The molecule has 3 N–H and O–H groups in total. The molecule has 134 valence electrons. The summed E-state index contributed by atoms with van der Waals surface area (Å²) in [5.74, 6) is 1.13. The Morgan fingerprint density at radius 1 is 0.923 bits per heavy atom. The lowest BCUT2D eigenvalue weighted by atomic mass is 9.73. The van der Waals surface area contributed by atoms with Crippen LogP contribution in [0.15, 0.2) is 42.7 Å². The van der Waals surface area contributed by atoms with Gasteiger partial charge in [-0.1, -0.05) is 13.8 Å². The highest BCUT2D eigenvalue weighted by molar-refractivity contribution is 7.09. The highest BCUT2D eigenvalue weighted by Crippen LogP contribution is 2.48. The van der Waals surface area contributed by atoms with E-state index in [9.17, 15) is 0 Å². The van der Waals surface area contributed by atoms with E-state index in [0.29, 0.717) is 0 Å². The van der Waals surface area contributed by atoms with Crippen LogP contribution in [0, 0.1) is 0 Å². The van der Waals surface area contributed by atoms with Gasteiger partial charge < -0.3 is 4.98 Å². The van der Waals surface area contributed by atoms with Crippen molar-refractivity contribution in [3.63, 3.8) is 0 Å².